The summed E-state index contributed by atoms with van der Waals surface area (Å²) in [5.41, 5.74) is 3.83. The van der Waals surface area contributed by atoms with E-state index in [0.717, 1.165) is 22.2 Å². The van der Waals surface area contributed by atoms with E-state index < -0.39 is 11.8 Å². The fourth-order valence-corrected chi connectivity index (χ4v) is 2.58. The molecule has 0 N–H and O–H groups in total. The predicted molar refractivity (Wildman–Crippen MR) is 72.9 cm³/mol. The molecule has 0 spiro atoms. The molecule has 0 radical (unpaired) electrons. The molecule has 2 nitrogen and oxygen atoms in total. The molecular weight excluding hydrogens is 258 g/mol. The monoisotopic (exact) mass is 270 g/mol. The highest BCUT2D eigenvalue weighted by atomic mass is 19.3. The molecule has 1 atom stereocenters. The molecule has 0 aliphatic heterocycles. The average molecular weight is 270 g/mol. The van der Waals surface area contributed by atoms with Crippen LogP contribution in [0.3, 0.4) is 0 Å². The summed E-state index contributed by atoms with van der Waals surface area (Å²) in [7, 11) is 0. The summed E-state index contributed by atoms with van der Waals surface area (Å²) < 4.78 is 27.9. The third-order valence-electron chi connectivity index (χ3n) is 3.87. The summed E-state index contributed by atoms with van der Waals surface area (Å²) in [5.74, 6) is -3.09. The van der Waals surface area contributed by atoms with Crippen molar-refractivity contribution in [1.82, 2.24) is 9.61 Å². The van der Waals surface area contributed by atoms with Crippen molar-refractivity contribution < 1.29 is 8.78 Å². The van der Waals surface area contributed by atoms with Crippen molar-refractivity contribution >= 4 is 5.52 Å². The van der Waals surface area contributed by atoms with Crippen molar-refractivity contribution in [3.63, 3.8) is 0 Å². The number of pyridine rings is 1. The number of fused-ring (bicyclic) bond motifs is 1. The normalized spacial score (nSPS) is 20.2. The summed E-state index contributed by atoms with van der Waals surface area (Å²) in [5, 5.41) is 4.15. The van der Waals surface area contributed by atoms with Gasteiger partial charge in [-0.2, -0.15) is 5.10 Å². The van der Waals surface area contributed by atoms with Gasteiger partial charge in [0, 0.05) is 18.8 Å². The Morgan fingerprint density at radius 2 is 1.80 bits per heavy atom. The summed E-state index contributed by atoms with van der Waals surface area (Å²) >= 11 is 0. The van der Waals surface area contributed by atoms with Gasteiger partial charge in [-0.1, -0.05) is 24.3 Å². The van der Waals surface area contributed by atoms with Crippen LogP contribution in [0.25, 0.3) is 16.6 Å². The van der Waals surface area contributed by atoms with E-state index in [1.165, 1.54) is 0 Å². The van der Waals surface area contributed by atoms with Crippen molar-refractivity contribution in [2.45, 2.75) is 18.3 Å². The van der Waals surface area contributed by atoms with Crippen LogP contribution in [0, 0.1) is 0 Å². The molecule has 0 saturated heterocycles. The molecule has 4 heteroatoms. The average Bonchev–Trinajstić information content (AvgIpc) is 2.88. The van der Waals surface area contributed by atoms with Crippen LogP contribution in [0.2, 0.25) is 0 Å². The fourth-order valence-electron chi connectivity index (χ4n) is 2.58. The van der Waals surface area contributed by atoms with Gasteiger partial charge in [-0.05, 0) is 34.9 Å². The van der Waals surface area contributed by atoms with Gasteiger partial charge in [-0.15, -0.1) is 0 Å². The van der Waals surface area contributed by atoms with Crippen LogP contribution in [0.4, 0.5) is 8.78 Å². The molecular formula is C16H12F2N2. The molecule has 1 saturated carbocycles. The molecule has 0 amide bonds. The molecule has 20 heavy (non-hydrogen) atoms. The maximum Gasteiger partial charge on any atom is 0.255 e. The standard InChI is InChI=1S/C16H12F2N2/c17-16(18)10-15(16)12-3-1-11(2-4-12)13-6-8-20-14(9-13)5-7-19-20/h1-9,15H,10H2/t15-/m0/s1. The molecule has 1 aliphatic rings. The van der Waals surface area contributed by atoms with Gasteiger partial charge < -0.3 is 0 Å². The van der Waals surface area contributed by atoms with E-state index >= 15 is 0 Å². The van der Waals surface area contributed by atoms with Crippen LogP contribution in [-0.4, -0.2) is 15.5 Å². The van der Waals surface area contributed by atoms with Gasteiger partial charge in [0.15, 0.2) is 0 Å². The molecule has 4 rings (SSSR count). The molecule has 2 heterocycles. The second kappa shape index (κ2) is 3.88. The first-order chi connectivity index (χ1) is 9.63. The van der Waals surface area contributed by atoms with Gasteiger partial charge in [0.25, 0.3) is 5.92 Å². The summed E-state index contributed by atoms with van der Waals surface area (Å²) in [6, 6.07) is 13.4. The highest BCUT2D eigenvalue weighted by Gasteiger charge is 2.57. The Morgan fingerprint density at radius 1 is 1.05 bits per heavy atom. The smallest absolute Gasteiger partial charge is 0.241 e. The molecule has 0 unspecified atom stereocenters. The lowest BCUT2D eigenvalue weighted by Crippen LogP contribution is -1.92. The Balaban J connectivity index is 1.68. The fraction of sp³-hybridized carbons (Fsp3) is 0.188. The van der Waals surface area contributed by atoms with E-state index in [1.54, 1.807) is 10.7 Å². The van der Waals surface area contributed by atoms with Crippen LogP contribution in [0.1, 0.15) is 17.9 Å². The number of nitrogens with zero attached hydrogens (tertiary/aromatic N) is 2. The van der Waals surface area contributed by atoms with Gasteiger partial charge in [-0.25, -0.2) is 13.3 Å². The van der Waals surface area contributed by atoms with Gasteiger partial charge in [0.1, 0.15) is 0 Å². The highest BCUT2D eigenvalue weighted by molar-refractivity contribution is 5.68. The van der Waals surface area contributed by atoms with E-state index in [9.17, 15) is 8.78 Å². The Hall–Kier alpha value is -2.23. The molecule has 0 bridgehead atoms. The minimum absolute atomic E-state index is 0.0197. The molecule has 100 valence electrons. The lowest BCUT2D eigenvalue weighted by molar-refractivity contribution is 0.112. The first-order valence-electron chi connectivity index (χ1n) is 6.55. The second-order valence-electron chi connectivity index (χ2n) is 5.26. The maximum absolute atomic E-state index is 13.0. The second-order valence-corrected chi connectivity index (χ2v) is 5.26. The lowest BCUT2D eigenvalue weighted by atomic mass is 10.0. The van der Waals surface area contributed by atoms with E-state index in [2.05, 4.69) is 5.10 Å². The van der Waals surface area contributed by atoms with Crippen molar-refractivity contribution in [3.8, 4) is 11.1 Å². The van der Waals surface area contributed by atoms with Crippen LogP contribution < -0.4 is 0 Å². The number of alkyl halides is 2. The number of aromatic nitrogens is 2. The van der Waals surface area contributed by atoms with Crippen molar-refractivity contribution in [1.29, 1.82) is 0 Å². The Kier molecular flexibility index (Phi) is 2.25. The minimum atomic E-state index is -2.50. The number of hydrogen-bond acceptors (Lipinski definition) is 1. The van der Waals surface area contributed by atoms with Crippen molar-refractivity contribution in [3.05, 3.63) is 60.4 Å². The third-order valence-corrected chi connectivity index (χ3v) is 3.87. The Bertz CT molecular complexity index is 775. The summed E-state index contributed by atoms with van der Waals surface area (Å²) in [4.78, 5) is 0. The van der Waals surface area contributed by atoms with Crippen LogP contribution in [-0.2, 0) is 0 Å². The summed E-state index contributed by atoms with van der Waals surface area (Å²) in [6.07, 6.45) is 3.62. The topological polar surface area (TPSA) is 17.3 Å². The minimum Gasteiger partial charge on any atom is -0.241 e. The molecule has 1 fully saturated rings. The van der Waals surface area contributed by atoms with Crippen LogP contribution in [0.5, 0.6) is 0 Å². The third kappa shape index (κ3) is 1.80. The number of rotatable bonds is 2. The first kappa shape index (κ1) is 11.6. The summed E-state index contributed by atoms with van der Waals surface area (Å²) in [6.45, 7) is 0. The molecule has 1 aromatic carbocycles. The van der Waals surface area contributed by atoms with Gasteiger partial charge >= 0.3 is 0 Å². The Labute approximate surface area is 114 Å². The van der Waals surface area contributed by atoms with E-state index in [4.69, 9.17) is 0 Å². The SMILES string of the molecule is FC1(F)C[C@H]1c1ccc(-c2ccn3nccc3c2)cc1. The zero-order valence-electron chi connectivity index (χ0n) is 10.6. The van der Waals surface area contributed by atoms with Crippen molar-refractivity contribution in [2.24, 2.45) is 0 Å². The lowest BCUT2D eigenvalue weighted by Gasteiger charge is -2.05. The first-order valence-corrected chi connectivity index (χ1v) is 6.55. The number of benzene rings is 1. The number of halogens is 2. The predicted octanol–water partition coefficient (Wildman–Crippen LogP) is 4.12. The van der Waals surface area contributed by atoms with Crippen LogP contribution in [0.15, 0.2) is 54.9 Å². The Morgan fingerprint density at radius 3 is 2.50 bits per heavy atom. The van der Waals surface area contributed by atoms with E-state index in [1.807, 2.05) is 48.7 Å². The van der Waals surface area contributed by atoms with E-state index in [-0.39, 0.29) is 6.42 Å². The van der Waals surface area contributed by atoms with E-state index in [0.29, 0.717) is 0 Å². The van der Waals surface area contributed by atoms with Crippen LogP contribution >= 0.6 is 0 Å². The van der Waals surface area contributed by atoms with Gasteiger partial charge in [0.2, 0.25) is 0 Å². The zero-order valence-corrected chi connectivity index (χ0v) is 10.6. The quantitative estimate of drug-likeness (QED) is 0.684. The highest BCUT2D eigenvalue weighted by Crippen LogP contribution is 2.55. The maximum atomic E-state index is 13.0. The molecule has 1 aliphatic carbocycles. The van der Waals surface area contributed by atoms with Gasteiger partial charge in [-0.3, -0.25) is 0 Å². The molecule has 2 aromatic heterocycles. The van der Waals surface area contributed by atoms with Crippen molar-refractivity contribution in [2.75, 3.05) is 0 Å². The largest absolute Gasteiger partial charge is 0.255 e. The molecule has 3 aromatic rings. The number of hydrogen-bond donors (Lipinski definition) is 0. The van der Waals surface area contributed by atoms with Gasteiger partial charge in [0.05, 0.1) is 11.4 Å². The zero-order chi connectivity index (χ0) is 13.7.